The summed E-state index contributed by atoms with van der Waals surface area (Å²) >= 11 is 0. The molecule has 0 aliphatic carbocycles. The van der Waals surface area contributed by atoms with Crippen LogP contribution < -0.4 is 9.46 Å². The zero-order valence-electron chi connectivity index (χ0n) is 12.3. The summed E-state index contributed by atoms with van der Waals surface area (Å²) in [5, 5.41) is 0. The molecule has 0 fully saturated rings. The molecule has 1 N–H and O–H groups in total. The minimum Gasteiger partial charge on any atom is -0.428 e. The monoisotopic (exact) mass is 403 g/mol. The molecule has 0 radical (unpaired) electrons. The fraction of sp³-hybridized carbons (Fsp3) is 0.143. The summed E-state index contributed by atoms with van der Waals surface area (Å²) in [7, 11) is -4.78. The molecule has 0 spiro atoms. The Balaban J connectivity index is 2.31. The topological polar surface area (TPSA) is 55.4 Å². The Morgan fingerprint density at radius 1 is 1.00 bits per heavy atom. The number of hydrogen-bond donors (Lipinski definition) is 1. The van der Waals surface area contributed by atoms with Crippen molar-refractivity contribution < 1.29 is 43.9 Å². The van der Waals surface area contributed by atoms with E-state index in [-0.39, 0.29) is 0 Å². The minimum absolute atomic E-state index is 0.371. The van der Waals surface area contributed by atoms with Crippen molar-refractivity contribution in [1.82, 2.24) is 0 Å². The third kappa shape index (κ3) is 4.18. The Labute approximate surface area is 142 Å². The predicted octanol–water partition coefficient (Wildman–Crippen LogP) is 4.14. The second kappa shape index (κ2) is 7.02. The summed E-state index contributed by atoms with van der Waals surface area (Å²) in [6.07, 6.45) is -8.97. The van der Waals surface area contributed by atoms with Crippen molar-refractivity contribution in [3.05, 3.63) is 53.8 Å². The zero-order valence-corrected chi connectivity index (χ0v) is 13.1. The molecule has 0 saturated heterocycles. The van der Waals surface area contributed by atoms with Crippen LogP contribution in [0.5, 0.6) is 5.75 Å². The smallest absolute Gasteiger partial charge is 0.428 e. The maximum Gasteiger partial charge on any atom is 0.461 e. The van der Waals surface area contributed by atoms with Crippen LogP contribution in [0.3, 0.4) is 0 Å². The van der Waals surface area contributed by atoms with Gasteiger partial charge in [-0.2, -0.15) is 17.6 Å². The average molecular weight is 403 g/mol. The molecule has 0 saturated carbocycles. The number of ether oxygens (including phenoxy) is 1. The van der Waals surface area contributed by atoms with E-state index in [1.165, 1.54) is 0 Å². The van der Waals surface area contributed by atoms with Crippen molar-refractivity contribution >= 4 is 15.7 Å². The van der Waals surface area contributed by atoms with E-state index in [9.17, 15) is 39.2 Å². The molecule has 12 heteroatoms. The van der Waals surface area contributed by atoms with Crippen LogP contribution in [0.4, 0.5) is 36.4 Å². The molecule has 0 heterocycles. The molecular formula is C14H8F7NO3S. The van der Waals surface area contributed by atoms with Gasteiger partial charge in [0, 0.05) is 6.07 Å². The van der Waals surface area contributed by atoms with Crippen LogP contribution in [0.2, 0.25) is 0 Å². The van der Waals surface area contributed by atoms with Gasteiger partial charge in [-0.1, -0.05) is 6.07 Å². The molecule has 2 aromatic rings. The number of hydrogen-bond acceptors (Lipinski definition) is 3. The number of alkyl halides is 4. The van der Waals surface area contributed by atoms with Crippen LogP contribution in [-0.2, 0) is 10.0 Å². The summed E-state index contributed by atoms with van der Waals surface area (Å²) in [4.78, 5) is -1.25. The van der Waals surface area contributed by atoms with E-state index in [0.29, 0.717) is 18.2 Å². The Kier molecular flexibility index (Phi) is 5.35. The van der Waals surface area contributed by atoms with Gasteiger partial charge in [-0.05, 0) is 24.3 Å². The second-order valence-corrected chi connectivity index (χ2v) is 6.42. The lowest BCUT2D eigenvalue weighted by molar-refractivity contribution is -0.253. The van der Waals surface area contributed by atoms with Gasteiger partial charge in [0.15, 0.2) is 17.5 Å². The van der Waals surface area contributed by atoms with Gasteiger partial charge in [0.2, 0.25) is 0 Å². The van der Waals surface area contributed by atoms with Gasteiger partial charge in [-0.25, -0.2) is 21.6 Å². The third-order valence-electron chi connectivity index (χ3n) is 2.88. The van der Waals surface area contributed by atoms with E-state index < -0.39 is 56.3 Å². The van der Waals surface area contributed by atoms with Crippen molar-refractivity contribution in [3.63, 3.8) is 0 Å². The summed E-state index contributed by atoms with van der Waals surface area (Å²) in [5.41, 5.74) is -0.475. The van der Waals surface area contributed by atoms with Crippen LogP contribution in [0.15, 0.2) is 41.3 Å². The molecule has 0 aliphatic rings. The first-order valence-corrected chi connectivity index (χ1v) is 8.04. The number of anilines is 1. The SMILES string of the molecule is O=S(=O)(Nc1cccc(OC(F)(F)C(F)F)c1)c1ccc(F)c(F)c1F. The van der Waals surface area contributed by atoms with Gasteiger partial charge >= 0.3 is 12.5 Å². The summed E-state index contributed by atoms with van der Waals surface area (Å²) in [6, 6.07) is 4.26. The highest BCUT2D eigenvalue weighted by Gasteiger charge is 2.44. The van der Waals surface area contributed by atoms with Crippen molar-refractivity contribution in [2.45, 2.75) is 17.4 Å². The first kappa shape index (κ1) is 19.8. The average Bonchev–Trinajstić information content (AvgIpc) is 2.51. The number of sulfonamides is 1. The summed E-state index contributed by atoms with van der Waals surface area (Å²) in [6.45, 7) is 0. The largest absolute Gasteiger partial charge is 0.461 e. The Bertz CT molecular complexity index is 919. The normalized spacial score (nSPS) is 12.3. The van der Waals surface area contributed by atoms with Crippen LogP contribution in [0, 0.1) is 17.5 Å². The van der Waals surface area contributed by atoms with Crippen LogP contribution in [0.1, 0.15) is 0 Å². The highest BCUT2D eigenvalue weighted by Crippen LogP contribution is 2.30. The molecule has 2 rings (SSSR count). The molecule has 0 bridgehead atoms. The van der Waals surface area contributed by atoms with Gasteiger partial charge in [0.1, 0.15) is 10.6 Å². The Hall–Kier alpha value is -2.50. The van der Waals surface area contributed by atoms with E-state index in [1.807, 2.05) is 0 Å². The van der Waals surface area contributed by atoms with Gasteiger partial charge in [-0.15, -0.1) is 0 Å². The molecule has 0 unspecified atom stereocenters. The first-order chi connectivity index (χ1) is 11.9. The maximum atomic E-state index is 13.6. The van der Waals surface area contributed by atoms with E-state index >= 15 is 0 Å². The quantitative estimate of drug-likeness (QED) is 0.583. The standard InChI is InChI=1S/C14H8F7NO3S/c15-9-4-5-10(12(17)11(9)16)26(23,24)22-7-2-1-3-8(6-7)25-14(20,21)13(18)19/h1-6,13,22H. The van der Waals surface area contributed by atoms with E-state index in [2.05, 4.69) is 4.74 Å². The van der Waals surface area contributed by atoms with Crippen molar-refractivity contribution in [2.75, 3.05) is 4.72 Å². The van der Waals surface area contributed by atoms with Gasteiger partial charge < -0.3 is 4.74 Å². The molecule has 0 aromatic heterocycles. The Morgan fingerprint density at radius 3 is 2.27 bits per heavy atom. The fourth-order valence-electron chi connectivity index (χ4n) is 1.75. The van der Waals surface area contributed by atoms with Crippen molar-refractivity contribution in [1.29, 1.82) is 0 Å². The first-order valence-electron chi connectivity index (χ1n) is 6.55. The van der Waals surface area contributed by atoms with Crippen LogP contribution >= 0.6 is 0 Å². The van der Waals surface area contributed by atoms with E-state index in [0.717, 1.165) is 18.2 Å². The lowest BCUT2D eigenvalue weighted by atomic mass is 10.3. The van der Waals surface area contributed by atoms with Crippen molar-refractivity contribution in [2.24, 2.45) is 0 Å². The number of benzene rings is 2. The lowest BCUT2D eigenvalue weighted by Crippen LogP contribution is -2.33. The summed E-state index contributed by atoms with van der Waals surface area (Å²) < 4.78 is 119. The molecular weight excluding hydrogens is 395 g/mol. The number of nitrogens with one attached hydrogen (secondary N) is 1. The molecule has 4 nitrogen and oxygen atoms in total. The third-order valence-corrected chi connectivity index (χ3v) is 4.28. The highest BCUT2D eigenvalue weighted by molar-refractivity contribution is 7.92. The molecule has 0 aliphatic heterocycles. The molecule has 0 amide bonds. The van der Waals surface area contributed by atoms with Crippen molar-refractivity contribution in [3.8, 4) is 5.75 Å². The van der Waals surface area contributed by atoms with Gasteiger partial charge in [0.25, 0.3) is 10.0 Å². The fourth-order valence-corrected chi connectivity index (χ4v) is 2.87. The molecule has 26 heavy (non-hydrogen) atoms. The summed E-state index contributed by atoms with van der Waals surface area (Å²) in [5.74, 6) is -6.46. The van der Waals surface area contributed by atoms with E-state index in [1.54, 1.807) is 4.72 Å². The van der Waals surface area contributed by atoms with Gasteiger partial charge in [-0.3, -0.25) is 4.72 Å². The zero-order chi connectivity index (χ0) is 19.7. The van der Waals surface area contributed by atoms with Crippen LogP contribution in [-0.4, -0.2) is 21.0 Å². The minimum atomic E-state index is -4.83. The van der Waals surface area contributed by atoms with Gasteiger partial charge in [0.05, 0.1) is 5.69 Å². The second-order valence-electron chi connectivity index (χ2n) is 4.77. The molecule has 0 atom stereocenters. The lowest BCUT2D eigenvalue weighted by Gasteiger charge is -2.17. The van der Waals surface area contributed by atoms with E-state index in [4.69, 9.17) is 0 Å². The number of halogens is 7. The highest BCUT2D eigenvalue weighted by atomic mass is 32.2. The molecule has 2 aromatic carbocycles. The Morgan fingerprint density at radius 2 is 1.65 bits per heavy atom. The predicted molar refractivity (Wildman–Crippen MR) is 75.1 cm³/mol. The number of rotatable bonds is 6. The molecule has 142 valence electrons. The maximum absolute atomic E-state index is 13.6. The van der Waals surface area contributed by atoms with Crippen LogP contribution in [0.25, 0.3) is 0 Å².